The zero-order chi connectivity index (χ0) is 14.6. The zero-order valence-corrected chi connectivity index (χ0v) is 13.1. The van der Waals surface area contributed by atoms with Crippen LogP contribution in [0.4, 0.5) is 0 Å². The van der Waals surface area contributed by atoms with Crippen LogP contribution in [0, 0.1) is 5.92 Å². The Kier molecular flexibility index (Phi) is 5.06. The maximum Gasteiger partial charge on any atom is 0.122 e. The Hall–Kier alpha value is -1.06. The van der Waals surface area contributed by atoms with E-state index in [4.69, 9.17) is 10.5 Å². The van der Waals surface area contributed by atoms with Crippen LogP contribution in [0.25, 0.3) is 0 Å². The summed E-state index contributed by atoms with van der Waals surface area (Å²) in [6, 6.07) is 8.27. The lowest BCUT2D eigenvalue weighted by Crippen LogP contribution is -2.53. The molecule has 0 amide bonds. The van der Waals surface area contributed by atoms with E-state index in [9.17, 15) is 0 Å². The third-order valence-electron chi connectivity index (χ3n) is 4.52. The molecule has 1 saturated carbocycles. The van der Waals surface area contributed by atoms with E-state index in [2.05, 4.69) is 30.9 Å². The highest BCUT2D eigenvalue weighted by atomic mass is 16.5. The van der Waals surface area contributed by atoms with Crippen molar-refractivity contribution in [1.29, 1.82) is 0 Å². The number of methoxy groups -OCH3 is 1. The topological polar surface area (TPSA) is 38.5 Å². The summed E-state index contributed by atoms with van der Waals surface area (Å²) in [5, 5.41) is 0. The summed E-state index contributed by atoms with van der Waals surface area (Å²) in [6.07, 6.45) is 3.70. The SMILES string of the molecule is CCN(CC1CC1)C(C)(CN)Cc1ccccc1OC. The predicted molar refractivity (Wildman–Crippen MR) is 84.1 cm³/mol. The van der Waals surface area contributed by atoms with Crippen molar-refractivity contribution in [3.8, 4) is 5.75 Å². The summed E-state index contributed by atoms with van der Waals surface area (Å²) >= 11 is 0. The van der Waals surface area contributed by atoms with E-state index in [-0.39, 0.29) is 5.54 Å². The summed E-state index contributed by atoms with van der Waals surface area (Å²) < 4.78 is 5.48. The standard InChI is InChI=1S/C17H28N2O/c1-4-19(12-14-9-10-14)17(2,13-18)11-15-7-5-6-8-16(15)20-3/h5-8,14H,4,9-13,18H2,1-3H3. The van der Waals surface area contributed by atoms with Gasteiger partial charge >= 0.3 is 0 Å². The molecule has 20 heavy (non-hydrogen) atoms. The lowest BCUT2D eigenvalue weighted by Gasteiger charge is -2.41. The number of para-hydroxylation sites is 1. The zero-order valence-electron chi connectivity index (χ0n) is 13.1. The monoisotopic (exact) mass is 276 g/mol. The Labute approximate surface area is 123 Å². The molecule has 0 radical (unpaired) electrons. The van der Waals surface area contributed by atoms with Crippen LogP contribution in [0.3, 0.4) is 0 Å². The molecule has 1 aliphatic rings. The van der Waals surface area contributed by atoms with E-state index in [0.29, 0.717) is 6.54 Å². The van der Waals surface area contributed by atoms with E-state index < -0.39 is 0 Å². The van der Waals surface area contributed by atoms with Gasteiger partial charge < -0.3 is 10.5 Å². The third kappa shape index (κ3) is 3.53. The average Bonchev–Trinajstić information content (AvgIpc) is 3.29. The fourth-order valence-electron chi connectivity index (χ4n) is 2.92. The number of ether oxygens (including phenoxy) is 1. The van der Waals surface area contributed by atoms with Gasteiger partial charge in [0.1, 0.15) is 5.75 Å². The molecule has 0 aliphatic heterocycles. The highest BCUT2D eigenvalue weighted by Crippen LogP contribution is 2.33. The Balaban J connectivity index is 2.15. The van der Waals surface area contributed by atoms with Crippen LogP contribution < -0.4 is 10.5 Å². The second-order valence-electron chi connectivity index (χ2n) is 6.17. The molecule has 2 rings (SSSR count). The third-order valence-corrected chi connectivity index (χ3v) is 4.52. The van der Waals surface area contributed by atoms with Crippen molar-refractivity contribution >= 4 is 0 Å². The molecule has 1 unspecified atom stereocenters. The van der Waals surface area contributed by atoms with Crippen molar-refractivity contribution in [3.63, 3.8) is 0 Å². The fraction of sp³-hybridized carbons (Fsp3) is 0.647. The van der Waals surface area contributed by atoms with Crippen molar-refractivity contribution in [2.75, 3.05) is 26.7 Å². The average molecular weight is 276 g/mol. The summed E-state index contributed by atoms with van der Waals surface area (Å²) in [5.41, 5.74) is 7.39. The van der Waals surface area contributed by atoms with Gasteiger partial charge in [0, 0.05) is 18.6 Å². The Bertz CT molecular complexity index is 431. The van der Waals surface area contributed by atoms with Crippen molar-refractivity contribution in [1.82, 2.24) is 4.90 Å². The molecule has 1 atom stereocenters. The minimum atomic E-state index is 0.00593. The first-order valence-electron chi connectivity index (χ1n) is 7.70. The predicted octanol–water partition coefficient (Wildman–Crippen LogP) is 2.69. The molecule has 112 valence electrons. The van der Waals surface area contributed by atoms with Crippen LogP contribution in [0.2, 0.25) is 0 Å². The summed E-state index contributed by atoms with van der Waals surface area (Å²) in [5.74, 6) is 1.85. The van der Waals surface area contributed by atoms with Crippen LogP contribution in [0.5, 0.6) is 5.75 Å². The van der Waals surface area contributed by atoms with Gasteiger partial charge in [-0.3, -0.25) is 4.90 Å². The smallest absolute Gasteiger partial charge is 0.122 e. The number of nitrogens with two attached hydrogens (primary N) is 1. The Morgan fingerprint density at radius 3 is 2.60 bits per heavy atom. The number of hydrogen-bond donors (Lipinski definition) is 1. The van der Waals surface area contributed by atoms with Gasteiger partial charge in [-0.2, -0.15) is 0 Å². The van der Waals surface area contributed by atoms with Crippen LogP contribution in [0.1, 0.15) is 32.3 Å². The minimum absolute atomic E-state index is 0.00593. The van der Waals surface area contributed by atoms with Crippen LogP contribution in [-0.4, -0.2) is 37.2 Å². The number of benzene rings is 1. The van der Waals surface area contributed by atoms with Gasteiger partial charge in [0.15, 0.2) is 0 Å². The van der Waals surface area contributed by atoms with E-state index in [1.54, 1.807) is 7.11 Å². The number of likely N-dealkylation sites (N-methyl/N-ethyl adjacent to an activating group) is 1. The first-order valence-corrected chi connectivity index (χ1v) is 7.70. The highest BCUT2D eigenvalue weighted by Gasteiger charge is 2.34. The molecular weight excluding hydrogens is 248 g/mol. The summed E-state index contributed by atoms with van der Waals surface area (Å²) in [7, 11) is 1.74. The molecule has 1 aromatic rings. The highest BCUT2D eigenvalue weighted by molar-refractivity contribution is 5.34. The molecule has 3 heteroatoms. The molecule has 0 spiro atoms. The second kappa shape index (κ2) is 6.59. The molecule has 0 bridgehead atoms. The number of nitrogens with zero attached hydrogens (tertiary/aromatic N) is 1. The maximum atomic E-state index is 6.14. The van der Waals surface area contributed by atoms with E-state index in [1.165, 1.54) is 24.9 Å². The lowest BCUT2D eigenvalue weighted by atomic mass is 9.90. The van der Waals surface area contributed by atoms with Gasteiger partial charge in [0.05, 0.1) is 7.11 Å². The lowest BCUT2D eigenvalue weighted by molar-refractivity contribution is 0.110. The first-order chi connectivity index (χ1) is 9.62. The van der Waals surface area contributed by atoms with Crippen molar-refractivity contribution in [3.05, 3.63) is 29.8 Å². The van der Waals surface area contributed by atoms with Gasteiger partial charge in [0.25, 0.3) is 0 Å². The van der Waals surface area contributed by atoms with Crippen molar-refractivity contribution < 1.29 is 4.74 Å². The van der Waals surface area contributed by atoms with Crippen molar-refractivity contribution in [2.24, 2.45) is 11.7 Å². The Morgan fingerprint density at radius 1 is 1.35 bits per heavy atom. The largest absolute Gasteiger partial charge is 0.496 e. The molecule has 1 aliphatic carbocycles. The Morgan fingerprint density at radius 2 is 2.05 bits per heavy atom. The van der Waals surface area contributed by atoms with E-state index in [0.717, 1.165) is 24.6 Å². The van der Waals surface area contributed by atoms with Crippen molar-refractivity contribution in [2.45, 2.75) is 38.6 Å². The molecular formula is C17H28N2O. The molecule has 3 nitrogen and oxygen atoms in total. The summed E-state index contributed by atoms with van der Waals surface area (Å²) in [4.78, 5) is 2.55. The summed E-state index contributed by atoms with van der Waals surface area (Å²) in [6.45, 7) is 7.42. The van der Waals surface area contributed by atoms with Crippen LogP contribution >= 0.6 is 0 Å². The van der Waals surface area contributed by atoms with Crippen LogP contribution in [0.15, 0.2) is 24.3 Å². The van der Waals surface area contributed by atoms with E-state index in [1.807, 2.05) is 12.1 Å². The quantitative estimate of drug-likeness (QED) is 0.793. The van der Waals surface area contributed by atoms with Crippen LogP contribution in [-0.2, 0) is 6.42 Å². The van der Waals surface area contributed by atoms with Gasteiger partial charge in [-0.25, -0.2) is 0 Å². The van der Waals surface area contributed by atoms with E-state index >= 15 is 0 Å². The van der Waals surface area contributed by atoms with Gasteiger partial charge in [0.2, 0.25) is 0 Å². The second-order valence-corrected chi connectivity index (χ2v) is 6.17. The number of hydrogen-bond acceptors (Lipinski definition) is 3. The molecule has 0 aromatic heterocycles. The molecule has 0 saturated heterocycles. The van der Waals surface area contributed by atoms with Gasteiger partial charge in [-0.1, -0.05) is 25.1 Å². The van der Waals surface area contributed by atoms with Gasteiger partial charge in [-0.05, 0) is 50.3 Å². The minimum Gasteiger partial charge on any atom is -0.496 e. The molecule has 1 fully saturated rings. The first kappa shape index (κ1) is 15.3. The number of rotatable bonds is 8. The molecule has 0 heterocycles. The van der Waals surface area contributed by atoms with Gasteiger partial charge in [-0.15, -0.1) is 0 Å². The maximum absolute atomic E-state index is 6.14. The fourth-order valence-corrected chi connectivity index (χ4v) is 2.92. The molecule has 2 N–H and O–H groups in total. The molecule has 1 aromatic carbocycles. The normalized spacial score (nSPS) is 18.1.